The van der Waals surface area contributed by atoms with Gasteiger partial charge in [0, 0.05) is 0 Å². The highest BCUT2D eigenvalue weighted by molar-refractivity contribution is 7.16. The van der Waals surface area contributed by atoms with Crippen LogP contribution in [0.25, 0.3) is 0 Å². The highest BCUT2D eigenvalue weighted by Gasteiger charge is 2.38. The molecule has 2 heterocycles. The zero-order valence-corrected chi connectivity index (χ0v) is 13.3. The van der Waals surface area contributed by atoms with E-state index in [1.807, 2.05) is 6.07 Å². The van der Waals surface area contributed by atoms with E-state index >= 15 is 0 Å². The number of carbonyl (C=O) groups excluding carboxylic acids is 1. The fourth-order valence-corrected chi connectivity index (χ4v) is 3.52. The number of nitrogens with zero attached hydrogens (tertiary/aromatic N) is 2. The molecule has 0 aromatic carbocycles. The van der Waals surface area contributed by atoms with Gasteiger partial charge in [-0.2, -0.15) is 5.26 Å². The Labute approximate surface area is 134 Å². The van der Waals surface area contributed by atoms with E-state index in [0.29, 0.717) is 4.88 Å². The summed E-state index contributed by atoms with van der Waals surface area (Å²) in [7, 11) is 1.23. The molecular weight excluding hydrogens is 337 g/mol. The Hall–Kier alpha value is -1.75. The molecule has 1 aromatic heterocycles. The number of methoxy groups -OCH3 is 1. The molecule has 9 heteroatoms. The Kier molecular flexibility index (Phi) is 4.42. The molecule has 0 amide bonds. The van der Waals surface area contributed by atoms with Crippen LogP contribution in [0.1, 0.15) is 17.7 Å². The van der Waals surface area contributed by atoms with Crippen LogP contribution in [0.15, 0.2) is 22.8 Å². The van der Waals surface area contributed by atoms with E-state index in [4.69, 9.17) is 38.4 Å². The van der Waals surface area contributed by atoms with Crippen LogP contribution in [0.3, 0.4) is 0 Å². The molecule has 0 aliphatic carbocycles. The Balaban J connectivity index is 2.69. The fraction of sp³-hybridized carbons (Fsp3) is 0.250. The van der Waals surface area contributed by atoms with Crippen LogP contribution in [0.2, 0.25) is 9.62 Å². The number of thiazole rings is 1. The molecule has 0 saturated heterocycles. The summed E-state index contributed by atoms with van der Waals surface area (Å²) in [5, 5.41) is 9.42. The summed E-state index contributed by atoms with van der Waals surface area (Å²) in [6.45, 7) is 1.55. The summed E-state index contributed by atoms with van der Waals surface area (Å²) in [6, 6.07) is 1.93. The van der Waals surface area contributed by atoms with Gasteiger partial charge in [-0.05, 0) is 6.92 Å². The van der Waals surface area contributed by atoms with E-state index in [1.165, 1.54) is 7.11 Å². The molecule has 1 unspecified atom stereocenters. The second kappa shape index (κ2) is 5.93. The average molecular weight is 346 g/mol. The zero-order chi connectivity index (χ0) is 15.7. The topological polar surface area (TPSA) is 98.2 Å². The van der Waals surface area contributed by atoms with Crippen molar-refractivity contribution in [2.75, 3.05) is 7.11 Å². The van der Waals surface area contributed by atoms with E-state index in [0.717, 1.165) is 11.3 Å². The average Bonchev–Trinajstić information content (AvgIpc) is 2.76. The predicted octanol–water partition coefficient (Wildman–Crippen LogP) is 2.70. The van der Waals surface area contributed by atoms with E-state index < -0.39 is 11.9 Å². The lowest BCUT2D eigenvalue weighted by Gasteiger charge is -2.25. The molecule has 21 heavy (non-hydrogen) atoms. The van der Waals surface area contributed by atoms with Gasteiger partial charge in [-0.3, -0.25) is 0 Å². The first-order valence-electron chi connectivity index (χ1n) is 5.59. The monoisotopic (exact) mass is 345 g/mol. The normalized spacial score (nSPS) is 18.3. The van der Waals surface area contributed by atoms with Crippen molar-refractivity contribution in [1.82, 2.24) is 4.98 Å². The number of esters is 1. The van der Waals surface area contributed by atoms with Crippen LogP contribution in [-0.4, -0.2) is 18.1 Å². The number of ether oxygens (including phenoxy) is 2. The quantitative estimate of drug-likeness (QED) is 0.827. The lowest BCUT2D eigenvalue weighted by Crippen LogP contribution is -2.24. The maximum absolute atomic E-state index is 12.0. The molecule has 0 bridgehead atoms. The van der Waals surface area contributed by atoms with Crippen molar-refractivity contribution in [3.05, 3.63) is 37.3 Å². The highest BCUT2D eigenvalue weighted by Crippen LogP contribution is 2.45. The van der Waals surface area contributed by atoms with Crippen molar-refractivity contribution in [2.45, 2.75) is 12.8 Å². The highest BCUT2D eigenvalue weighted by atomic mass is 35.5. The van der Waals surface area contributed by atoms with Crippen LogP contribution in [0, 0.1) is 11.3 Å². The molecule has 0 radical (unpaired) electrons. The van der Waals surface area contributed by atoms with Crippen LogP contribution in [0.5, 0.6) is 0 Å². The van der Waals surface area contributed by atoms with E-state index in [2.05, 4.69) is 4.98 Å². The number of rotatable bonds is 2. The van der Waals surface area contributed by atoms with Crippen molar-refractivity contribution in [2.24, 2.45) is 5.73 Å². The van der Waals surface area contributed by atoms with Gasteiger partial charge in [0.1, 0.15) is 22.6 Å². The number of nitrogens with two attached hydrogens (primary N) is 1. The largest absolute Gasteiger partial charge is 0.466 e. The molecular formula is C12H9Cl2N3O3S. The van der Waals surface area contributed by atoms with Gasteiger partial charge in [0.2, 0.25) is 5.88 Å². The number of aromatic nitrogens is 1. The Morgan fingerprint density at radius 2 is 2.24 bits per heavy atom. The van der Waals surface area contributed by atoms with E-state index in [-0.39, 0.29) is 32.4 Å². The molecule has 1 atom stereocenters. The smallest absolute Gasteiger partial charge is 0.338 e. The van der Waals surface area contributed by atoms with Crippen LogP contribution < -0.4 is 5.73 Å². The van der Waals surface area contributed by atoms with Gasteiger partial charge >= 0.3 is 5.97 Å². The third-order valence-corrected chi connectivity index (χ3v) is 4.48. The van der Waals surface area contributed by atoms with Gasteiger partial charge in [0.25, 0.3) is 0 Å². The Morgan fingerprint density at radius 3 is 2.71 bits per heavy atom. The van der Waals surface area contributed by atoms with Gasteiger partial charge in [-0.25, -0.2) is 9.78 Å². The zero-order valence-electron chi connectivity index (χ0n) is 10.9. The summed E-state index contributed by atoms with van der Waals surface area (Å²) in [5.74, 6) is -1.30. The summed E-state index contributed by atoms with van der Waals surface area (Å²) in [4.78, 5) is 16.3. The minimum absolute atomic E-state index is 0.0585. The SMILES string of the molecule is COC(=O)C1=C(C)OC(N)=C(C#N)C1c1sc(Cl)nc1Cl. The number of hydrogen-bond acceptors (Lipinski definition) is 7. The maximum atomic E-state index is 12.0. The number of halogens is 2. The van der Waals surface area contributed by atoms with Crippen molar-refractivity contribution in [3.63, 3.8) is 0 Å². The minimum atomic E-state index is -0.811. The van der Waals surface area contributed by atoms with Crippen molar-refractivity contribution in [1.29, 1.82) is 5.26 Å². The third-order valence-electron chi connectivity index (χ3n) is 2.86. The van der Waals surface area contributed by atoms with Crippen molar-refractivity contribution < 1.29 is 14.3 Å². The summed E-state index contributed by atoms with van der Waals surface area (Å²) in [5.41, 5.74) is 5.93. The number of nitriles is 1. The van der Waals surface area contributed by atoms with E-state index in [1.54, 1.807) is 6.92 Å². The first-order chi connectivity index (χ1) is 9.90. The first-order valence-corrected chi connectivity index (χ1v) is 7.16. The first kappa shape index (κ1) is 15.6. The summed E-state index contributed by atoms with van der Waals surface area (Å²) >= 11 is 12.9. The second-order valence-electron chi connectivity index (χ2n) is 4.01. The Bertz CT molecular complexity index is 718. The fourth-order valence-electron chi connectivity index (χ4n) is 1.98. The molecule has 1 aliphatic rings. The van der Waals surface area contributed by atoms with Crippen LogP contribution >= 0.6 is 34.5 Å². The number of hydrogen-bond donors (Lipinski definition) is 1. The van der Waals surface area contributed by atoms with Gasteiger partial charge in [0.05, 0.1) is 23.5 Å². The van der Waals surface area contributed by atoms with Gasteiger partial charge < -0.3 is 15.2 Å². The predicted molar refractivity (Wildman–Crippen MR) is 77.5 cm³/mol. The maximum Gasteiger partial charge on any atom is 0.338 e. The second-order valence-corrected chi connectivity index (χ2v) is 5.98. The summed E-state index contributed by atoms with van der Waals surface area (Å²) < 4.78 is 10.2. The molecule has 1 aromatic rings. The number of allylic oxidation sites excluding steroid dienone is 2. The molecule has 6 nitrogen and oxygen atoms in total. The molecule has 2 rings (SSSR count). The third kappa shape index (κ3) is 2.70. The van der Waals surface area contributed by atoms with Crippen molar-refractivity contribution >= 4 is 40.5 Å². The minimum Gasteiger partial charge on any atom is -0.466 e. The molecule has 110 valence electrons. The van der Waals surface area contributed by atoms with Gasteiger partial charge in [-0.15, -0.1) is 11.3 Å². The van der Waals surface area contributed by atoms with Crippen LogP contribution in [0.4, 0.5) is 0 Å². The molecule has 2 N–H and O–H groups in total. The van der Waals surface area contributed by atoms with E-state index in [9.17, 15) is 10.1 Å². The van der Waals surface area contributed by atoms with Crippen molar-refractivity contribution in [3.8, 4) is 6.07 Å². The molecule has 1 aliphatic heterocycles. The standard InChI is InChI=1S/C12H9Cl2N3O3S/c1-4-6(11(18)19-2)7(5(3-15)10(16)20-4)8-9(13)17-12(14)21-8/h7H,16H2,1-2H3. The summed E-state index contributed by atoms with van der Waals surface area (Å²) in [6.07, 6.45) is 0. The molecule has 0 spiro atoms. The molecule has 0 saturated carbocycles. The molecule has 0 fully saturated rings. The lowest BCUT2D eigenvalue weighted by molar-refractivity contribution is -0.136. The Morgan fingerprint density at radius 1 is 1.57 bits per heavy atom. The lowest BCUT2D eigenvalue weighted by atomic mass is 9.88. The van der Waals surface area contributed by atoms with Gasteiger partial charge in [0.15, 0.2) is 4.47 Å². The van der Waals surface area contributed by atoms with Crippen LogP contribution in [-0.2, 0) is 14.3 Å². The van der Waals surface area contributed by atoms with Gasteiger partial charge in [-0.1, -0.05) is 23.2 Å². The number of carbonyl (C=O) groups is 1.